The molecule has 0 bridgehead atoms. The molecule has 0 atom stereocenters. The number of carbonyl (C=O) groups is 1. The van der Waals surface area contributed by atoms with Crippen molar-refractivity contribution in [2.24, 2.45) is 0 Å². The Kier molecular flexibility index (Phi) is 4.61. The van der Waals surface area contributed by atoms with Crippen LogP contribution in [0.15, 0.2) is 36.7 Å². The fourth-order valence-electron chi connectivity index (χ4n) is 2.81. The normalized spacial score (nSPS) is 10.8. The van der Waals surface area contributed by atoms with E-state index >= 15 is 0 Å². The molecule has 0 spiro atoms. The van der Waals surface area contributed by atoms with E-state index in [0.717, 1.165) is 6.42 Å². The van der Waals surface area contributed by atoms with E-state index in [-0.39, 0.29) is 23.1 Å². The second-order valence-corrected chi connectivity index (χ2v) is 5.80. The molecule has 0 fully saturated rings. The number of nitrogen functional groups attached to an aromatic ring is 1. The largest absolute Gasteiger partial charge is 0.396 e. The van der Waals surface area contributed by atoms with Gasteiger partial charge in [-0.15, -0.1) is 0 Å². The number of benzene rings is 1. The molecule has 3 N–H and O–H groups in total. The summed E-state index contributed by atoms with van der Waals surface area (Å²) in [6, 6.07) is 6.49. The van der Waals surface area contributed by atoms with Gasteiger partial charge in [0.25, 0.3) is 5.91 Å². The van der Waals surface area contributed by atoms with Crippen molar-refractivity contribution in [1.29, 1.82) is 0 Å². The third-order valence-electron chi connectivity index (χ3n) is 4.09. The monoisotopic (exact) mass is 338 g/mol. The number of amides is 1. The van der Waals surface area contributed by atoms with Crippen molar-refractivity contribution in [2.45, 2.75) is 20.3 Å². The average molecular weight is 338 g/mol. The van der Waals surface area contributed by atoms with Gasteiger partial charge in [-0.2, -0.15) is 0 Å². The minimum Gasteiger partial charge on any atom is -0.396 e. The highest BCUT2D eigenvalue weighted by atomic mass is 19.1. The maximum atomic E-state index is 14.6. The van der Waals surface area contributed by atoms with Crippen LogP contribution in [0.4, 0.5) is 10.1 Å². The fourth-order valence-corrected chi connectivity index (χ4v) is 2.81. The number of carbonyl (C=O) groups excluding carboxylic acids is 1. The van der Waals surface area contributed by atoms with Crippen molar-refractivity contribution in [3.8, 4) is 11.1 Å². The Morgan fingerprint density at radius 3 is 2.76 bits per heavy atom. The second-order valence-electron chi connectivity index (χ2n) is 5.80. The summed E-state index contributed by atoms with van der Waals surface area (Å²) in [5, 5.41) is 3.91. The van der Waals surface area contributed by atoms with Crippen LogP contribution in [-0.2, 0) is 0 Å². The molecule has 1 aromatic carbocycles. The predicted molar refractivity (Wildman–Crippen MR) is 96.7 cm³/mol. The summed E-state index contributed by atoms with van der Waals surface area (Å²) in [4.78, 5) is 20.6. The number of halogens is 1. The van der Waals surface area contributed by atoms with E-state index in [0.29, 0.717) is 34.1 Å². The lowest BCUT2D eigenvalue weighted by atomic mass is 9.96. The smallest absolute Gasteiger partial charge is 0.272 e. The van der Waals surface area contributed by atoms with Crippen molar-refractivity contribution in [3.05, 3.63) is 53.9 Å². The van der Waals surface area contributed by atoms with Crippen LogP contribution in [0.3, 0.4) is 0 Å². The number of aryl methyl sites for hydroxylation is 1. The Balaban J connectivity index is 2.21. The molecule has 2 aromatic heterocycles. The lowest BCUT2D eigenvalue weighted by Crippen LogP contribution is -2.26. The van der Waals surface area contributed by atoms with Gasteiger partial charge in [0.15, 0.2) is 5.69 Å². The Bertz CT molecular complexity index is 956. The number of aromatic nitrogens is 2. The summed E-state index contributed by atoms with van der Waals surface area (Å²) in [5.74, 6) is -0.710. The highest BCUT2D eigenvalue weighted by Crippen LogP contribution is 2.35. The van der Waals surface area contributed by atoms with E-state index in [9.17, 15) is 9.18 Å². The third-order valence-corrected chi connectivity index (χ3v) is 4.09. The molecule has 128 valence electrons. The number of pyridine rings is 2. The molecule has 5 nitrogen and oxygen atoms in total. The van der Waals surface area contributed by atoms with Crippen molar-refractivity contribution in [1.82, 2.24) is 15.3 Å². The van der Waals surface area contributed by atoms with Crippen molar-refractivity contribution in [2.75, 3.05) is 12.3 Å². The molecular weight excluding hydrogens is 319 g/mol. The molecule has 3 aromatic rings. The Morgan fingerprint density at radius 2 is 2.04 bits per heavy atom. The molecule has 3 rings (SSSR count). The van der Waals surface area contributed by atoms with Crippen LogP contribution in [0, 0.1) is 12.7 Å². The number of anilines is 1. The SMILES string of the molecule is CCCNC(=O)c1ncc2c(-c3cccnc3C)c(F)ccc2c1N. The lowest BCUT2D eigenvalue weighted by molar-refractivity contribution is 0.0950. The molecule has 0 radical (unpaired) electrons. The fraction of sp³-hybridized carbons (Fsp3) is 0.211. The summed E-state index contributed by atoms with van der Waals surface area (Å²) in [6.45, 7) is 4.32. The van der Waals surface area contributed by atoms with Gasteiger partial charge in [0, 0.05) is 46.5 Å². The Morgan fingerprint density at radius 1 is 1.24 bits per heavy atom. The van der Waals surface area contributed by atoms with Gasteiger partial charge in [0.1, 0.15) is 5.82 Å². The highest BCUT2D eigenvalue weighted by Gasteiger charge is 2.18. The lowest BCUT2D eigenvalue weighted by Gasteiger charge is -2.13. The predicted octanol–water partition coefficient (Wildman–Crippen LogP) is 3.47. The third kappa shape index (κ3) is 3.03. The molecule has 6 heteroatoms. The average Bonchev–Trinajstić information content (AvgIpc) is 2.61. The molecule has 0 saturated heterocycles. The molecule has 0 saturated carbocycles. The van der Waals surface area contributed by atoms with E-state index in [1.165, 1.54) is 12.3 Å². The van der Waals surface area contributed by atoms with Gasteiger partial charge < -0.3 is 11.1 Å². The number of hydrogen-bond acceptors (Lipinski definition) is 4. The minimum absolute atomic E-state index is 0.154. The first-order valence-electron chi connectivity index (χ1n) is 8.11. The van der Waals surface area contributed by atoms with E-state index in [4.69, 9.17) is 5.73 Å². The zero-order chi connectivity index (χ0) is 18.0. The minimum atomic E-state index is -0.381. The van der Waals surface area contributed by atoms with E-state index in [2.05, 4.69) is 15.3 Å². The molecular formula is C19H19FN4O. The van der Waals surface area contributed by atoms with Crippen LogP contribution in [0.1, 0.15) is 29.5 Å². The number of nitrogens with zero attached hydrogens (tertiary/aromatic N) is 2. The summed E-state index contributed by atoms with van der Waals surface area (Å²) in [6.07, 6.45) is 3.97. The van der Waals surface area contributed by atoms with Gasteiger partial charge in [0.2, 0.25) is 0 Å². The zero-order valence-corrected chi connectivity index (χ0v) is 14.1. The van der Waals surface area contributed by atoms with Gasteiger partial charge in [-0.05, 0) is 31.5 Å². The maximum absolute atomic E-state index is 14.6. The highest BCUT2D eigenvalue weighted by molar-refractivity contribution is 6.09. The Labute approximate surface area is 145 Å². The van der Waals surface area contributed by atoms with Gasteiger partial charge in [-0.1, -0.05) is 13.0 Å². The molecule has 2 heterocycles. The number of nitrogens with two attached hydrogens (primary N) is 1. The van der Waals surface area contributed by atoms with Crippen molar-refractivity contribution < 1.29 is 9.18 Å². The van der Waals surface area contributed by atoms with Crippen molar-refractivity contribution in [3.63, 3.8) is 0 Å². The van der Waals surface area contributed by atoms with E-state index in [1.54, 1.807) is 24.4 Å². The maximum Gasteiger partial charge on any atom is 0.272 e. The van der Waals surface area contributed by atoms with Crippen LogP contribution < -0.4 is 11.1 Å². The van der Waals surface area contributed by atoms with Crippen LogP contribution in [0.5, 0.6) is 0 Å². The quantitative estimate of drug-likeness (QED) is 0.763. The Hall–Kier alpha value is -3.02. The summed E-state index contributed by atoms with van der Waals surface area (Å²) < 4.78 is 14.6. The molecule has 0 aliphatic carbocycles. The van der Waals surface area contributed by atoms with Crippen LogP contribution >= 0.6 is 0 Å². The van der Waals surface area contributed by atoms with Crippen LogP contribution in [0.2, 0.25) is 0 Å². The molecule has 0 aliphatic heterocycles. The first kappa shape index (κ1) is 16.8. The first-order chi connectivity index (χ1) is 12.0. The van der Waals surface area contributed by atoms with Crippen LogP contribution in [0.25, 0.3) is 21.9 Å². The molecule has 1 amide bonds. The number of rotatable bonds is 4. The number of hydrogen-bond donors (Lipinski definition) is 2. The molecule has 0 aliphatic rings. The number of fused-ring (bicyclic) bond motifs is 1. The summed E-state index contributed by atoms with van der Waals surface area (Å²) in [5.41, 5.74) is 8.34. The molecule has 25 heavy (non-hydrogen) atoms. The summed E-state index contributed by atoms with van der Waals surface area (Å²) in [7, 11) is 0. The molecule has 0 unspecified atom stereocenters. The van der Waals surface area contributed by atoms with Gasteiger partial charge in [0.05, 0.1) is 5.69 Å². The van der Waals surface area contributed by atoms with E-state index in [1.807, 2.05) is 13.8 Å². The van der Waals surface area contributed by atoms with Gasteiger partial charge >= 0.3 is 0 Å². The topological polar surface area (TPSA) is 80.9 Å². The standard InChI is InChI=1S/C19H19FN4O/c1-3-8-23-19(25)18-17(21)13-6-7-15(20)16(14(13)10-24-18)12-5-4-9-22-11(12)2/h4-7,9-10H,3,8,21H2,1-2H3,(H,23,25). The van der Waals surface area contributed by atoms with Gasteiger partial charge in [-0.3, -0.25) is 9.78 Å². The van der Waals surface area contributed by atoms with Crippen molar-refractivity contribution >= 4 is 22.4 Å². The van der Waals surface area contributed by atoms with Gasteiger partial charge in [-0.25, -0.2) is 9.37 Å². The summed E-state index contributed by atoms with van der Waals surface area (Å²) >= 11 is 0. The number of nitrogens with one attached hydrogen (secondary N) is 1. The van der Waals surface area contributed by atoms with E-state index < -0.39 is 0 Å². The second kappa shape index (κ2) is 6.84. The first-order valence-corrected chi connectivity index (χ1v) is 8.11. The zero-order valence-electron chi connectivity index (χ0n) is 14.1. The van der Waals surface area contributed by atoms with Crippen LogP contribution in [-0.4, -0.2) is 22.4 Å².